The van der Waals surface area contributed by atoms with E-state index in [0.29, 0.717) is 5.02 Å². The average Bonchev–Trinajstić information content (AvgIpc) is 2.81. The third kappa shape index (κ3) is 2.76. The lowest BCUT2D eigenvalue weighted by Crippen LogP contribution is -2.28. The number of hydrogen-bond donors (Lipinski definition) is 0. The van der Waals surface area contributed by atoms with Crippen LogP contribution >= 0.6 is 23.4 Å². The predicted octanol–water partition coefficient (Wildman–Crippen LogP) is 4.40. The molecule has 2 aromatic rings. The van der Waals surface area contributed by atoms with Gasteiger partial charge in [0.2, 0.25) is 5.91 Å². The van der Waals surface area contributed by atoms with Gasteiger partial charge in [-0.3, -0.25) is 9.69 Å². The largest absolute Gasteiger partial charge is 0.292 e. The van der Waals surface area contributed by atoms with Crippen molar-refractivity contribution in [2.24, 2.45) is 0 Å². The van der Waals surface area contributed by atoms with Gasteiger partial charge in [0.15, 0.2) is 0 Å². The van der Waals surface area contributed by atoms with Crippen molar-refractivity contribution in [3.05, 3.63) is 64.7 Å². The van der Waals surface area contributed by atoms with Gasteiger partial charge in [0, 0.05) is 11.1 Å². The maximum absolute atomic E-state index is 14.0. The summed E-state index contributed by atoms with van der Waals surface area (Å²) in [6.45, 7) is 0. The van der Waals surface area contributed by atoms with Gasteiger partial charge in [0.1, 0.15) is 17.0 Å². The number of amides is 1. The minimum atomic E-state index is -0.752. The third-order valence-electron chi connectivity index (χ3n) is 3.17. The number of carbonyl (C=O) groups is 1. The first-order chi connectivity index (χ1) is 10.1. The molecule has 1 aliphatic rings. The molecular formula is C15H10ClF2NOS. The zero-order valence-corrected chi connectivity index (χ0v) is 12.3. The summed E-state index contributed by atoms with van der Waals surface area (Å²) >= 11 is 7.35. The van der Waals surface area contributed by atoms with E-state index in [9.17, 15) is 13.6 Å². The fraction of sp³-hybridized carbons (Fsp3) is 0.133. The lowest BCUT2D eigenvalue weighted by molar-refractivity contribution is -0.115. The Bertz CT molecular complexity index is 710. The number of hydrogen-bond acceptors (Lipinski definition) is 2. The van der Waals surface area contributed by atoms with Crippen LogP contribution in [0.4, 0.5) is 14.5 Å². The molecule has 1 amide bonds. The minimum absolute atomic E-state index is 0.0800. The van der Waals surface area contributed by atoms with Gasteiger partial charge in [-0.1, -0.05) is 23.7 Å². The van der Waals surface area contributed by atoms with E-state index in [4.69, 9.17) is 11.6 Å². The predicted molar refractivity (Wildman–Crippen MR) is 80.5 cm³/mol. The molecule has 0 unspecified atom stereocenters. The van der Waals surface area contributed by atoms with Crippen molar-refractivity contribution in [3.8, 4) is 0 Å². The molecule has 108 valence electrons. The summed E-state index contributed by atoms with van der Waals surface area (Å²) in [7, 11) is 0. The molecule has 1 saturated heterocycles. The fourth-order valence-corrected chi connectivity index (χ4v) is 3.63. The molecule has 0 N–H and O–H groups in total. The highest BCUT2D eigenvalue weighted by molar-refractivity contribution is 8.00. The van der Waals surface area contributed by atoms with Crippen LogP contribution in [0.25, 0.3) is 0 Å². The van der Waals surface area contributed by atoms with Gasteiger partial charge >= 0.3 is 0 Å². The highest BCUT2D eigenvalue weighted by Gasteiger charge is 2.35. The molecule has 2 nitrogen and oxygen atoms in total. The number of halogens is 3. The monoisotopic (exact) mass is 325 g/mol. The van der Waals surface area contributed by atoms with Crippen LogP contribution in [-0.2, 0) is 4.79 Å². The molecular weight excluding hydrogens is 316 g/mol. The highest BCUT2D eigenvalue weighted by Crippen LogP contribution is 2.43. The van der Waals surface area contributed by atoms with E-state index in [0.717, 1.165) is 17.7 Å². The van der Waals surface area contributed by atoms with Gasteiger partial charge < -0.3 is 0 Å². The van der Waals surface area contributed by atoms with Crippen molar-refractivity contribution in [2.45, 2.75) is 5.37 Å². The van der Waals surface area contributed by atoms with E-state index in [1.807, 2.05) is 6.07 Å². The zero-order valence-electron chi connectivity index (χ0n) is 10.7. The van der Waals surface area contributed by atoms with Crippen molar-refractivity contribution in [3.63, 3.8) is 0 Å². The van der Waals surface area contributed by atoms with Gasteiger partial charge in [-0.25, -0.2) is 8.78 Å². The molecule has 6 heteroatoms. The molecule has 0 saturated carbocycles. The first kappa shape index (κ1) is 14.4. The van der Waals surface area contributed by atoms with Crippen LogP contribution in [0.1, 0.15) is 10.9 Å². The van der Waals surface area contributed by atoms with Gasteiger partial charge in [0.25, 0.3) is 0 Å². The number of thioether (sulfide) groups is 1. The Kier molecular flexibility index (Phi) is 3.87. The molecule has 3 rings (SSSR count). The van der Waals surface area contributed by atoms with Gasteiger partial charge in [-0.05, 0) is 29.8 Å². The maximum atomic E-state index is 14.0. The summed E-state index contributed by atoms with van der Waals surface area (Å²) in [5.74, 6) is -1.39. The van der Waals surface area contributed by atoms with Crippen molar-refractivity contribution in [2.75, 3.05) is 10.7 Å². The SMILES string of the molecule is O=C1CS[C@H](c2cccc(Cl)c2)N1c1ccc(F)cc1F. The number of benzene rings is 2. The van der Waals surface area contributed by atoms with E-state index >= 15 is 0 Å². The first-order valence-electron chi connectivity index (χ1n) is 6.20. The fourth-order valence-electron chi connectivity index (χ4n) is 2.27. The van der Waals surface area contributed by atoms with Crippen molar-refractivity contribution >= 4 is 35.0 Å². The molecule has 21 heavy (non-hydrogen) atoms. The summed E-state index contributed by atoms with van der Waals surface area (Å²) < 4.78 is 27.0. The standard InChI is InChI=1S/C15H10ClF2NOS/c16-10-3-1-2-9(6-10)15-19(14(20)8-21-15)13-5-4-11(17)7-12(13)18/h1-7,15H,8H2/t15-/m1/s1. The molecule has 1 aliphatic heterocycles. The molecule has 0 bridgehead atoms. The second kappa shape index (κ2) is 5.66. The van der Waals surface area contributed by atoms with Crippen LogP contribution in [0, 0.1) is 11.6 Å². The van der Waals surface area contributed by atoms with Crippen LogP contribution in [0.3, 0.4) is 0 Å². The number of carbonyl (C=O) groups excluding carboxylic acids is 1. The summed E-state index contributed by atoms with van der Waals surface area (Å²) in [5, 5.41) is 0.183. The molecule has 0 aromatic heterocycles. The number of rotatable bonds is 2. The second-order valence-electron chi connectivity index (χ2n) is 4.58. The summed E-state index contributed by atoms with van der Waals surface area (Å²) in [4.78, 5) is 13.4. The van der Waals surface area contributed by atoms with Crippen LogP contribution in [-0.4, -0.2) is 11.7 Å². The van der Waals surface area contributed by atoms with E-state index in [2.05, 4.69) is 0 Å². The Morgan fingerprint density at radius 3 is 2.71 bits per heavy atom. The molecule has 2 aromatic carbocycles. The molecule has 1 heterocycles. The third-order valence-corrected chi connectivity index (χ3v) is 4.62. The van der Waals surface area contributed by atoms with Gasteiger partial charge in [-0.2, -0.15) is 0 Å². The van der Waals surface area contributed by atoms with Gasteiger partial charge in [-0.15, -0.1) is 11.8 Å². The molecule has 1 fully saturated rings. The maximum Gasteiger partial charge on any atom is 0.238 e. The van der Waals surface area contributed by atoms with Crippen molar-refractivity contribution in [1.82, 2.24) is 0 Å². The first-order valence-corrected chi connectivity index (χ1v) is 7.63. The second-order valence-corrected chi connectivity index (χ2v) is 6.08. The zero-order chi connectivity index (χ0) is 15.0. The number of anilines is 1. The normalized spacial score (nSPS) is 18.3. The van der Waals surface area contributed by atoms with E-state index in [-0.39, 0.29) is 22.7 Å². The van der Waals surface area contributed by atoms with Crippen LogP contribution in [0.2, 0.25) is 5.02 Å². The van der Waals surface area contributed by atoms with Crippen molar-refractivity contribution < 1.29 is 13.6 Å². The van der Waals surface area contributed by atoms with E-state index < -0.39 is 11.6 Å². The summed E-state index contributed by atoms with van der Waals surface area (Å²) in [6, 6.07) is 10.3. The quantitative estimate of drug-likeness (QED) is 0.816. The van der Waals surface area contributed by atoms with Crippen LogP contribution in [0.5, 0.6) is 0 Å². The molecule has 1 atom stereocenters. The average molecular weight is 326 g/mol. The Morgan fingerprint density at radius 1 is 1.19 bits per heavy atom. The number of nitrogens with zero attached hydrogens (tertiary/aromatic N) is 1. The smallest absolute Gasteiger partial charge is 0.238 e. The topological polar surface area (TPSA) is 20.3 Å². The molecule has 0 radical (unpaired) electrons. The van der Waals surface area contributed by atoms with E-state index in [1.54, 1.807) is 18.2 Å². The Balaban J connectivity index is 2.04. The van der Waals surface area contributed by atoms with Gasteiger partial charge in [0.05, 0.1) is 11.4 Å². The molecule has 0 aliphatic carbocycles. The Labute approximate surface area is 129 Å². The van der Waals surface area contributed by atoms with Crippen LogP contribution in [0.15, 0.2) is 42.5 Å². The minimum Gasteiger partial charge on any atom is -0.292 e. The lowest BCUT2D eigenvalue weighted by Gasteiger charge is -2.24. The Morgan fingerprint density at radius 2 is 2.00 bits per heavy atom. The van der Waals surface area contributed by atoms with E-state index in [1.165, 1.54) is 22.7 Å². The van der Waals surface area contributed by atoms with Crippen molar-refractivity contribution in [1.29, 1.82) is 0 Å². The summed E-state index contributed by atoms with van der Waals surface area (Å²) in [6.07, 6.45) is 0. The highest BCUT2D eigenvalue weighted by atomic mass is 35.5. The molecule has 0 spiro atoms. The Hall–Kier alpha value is -1.59. The lowest BCUT2D eigenvalue weighted by atomic mass is 10.2. The summed E-state index contributed by atoms with van der Waals surface area (Å²) in [5.41, 5.74) is 0.887. The van der Waals surface area contributed by atoms with Crippen LogP contribution < -0.4 is 4.90 Å².